The highest BCUT2D eigenvalue weighted by Crippen LogP contribution is 2.38. The fraction of sp³-hybridized carbons (Fsp3) is 0.333. The Bertz CT molecular complexity index is 1950. The van der Waals surface area contributed by atoms with E-state index in [2.05, 4.69) is 5.32 Å². The molecule has 2 amide bonds. The van der Waals surface area contributed by atoms with Crippen LogP contribution in [-0.4, -0.2) is 65.6 Å². The average molecular weight is 762 g/mol. The Morgan fingerprint density at radius 2 is 1.70 bits per heavy atom. The third-order valence-electron chi connectivity index (χ3n) is 8.99. The number of para-hydroxylation sites is 2. The first kappa shape index (κ1) is 40.0. The molecule has 0 aliphatic carbocycles. The number of likely N-dealkylation sites (N-methyl/N-ethyl adjacent to an activating group) is 1. The fourth-order valence-electron chi connectivity index (χ4n) is 6.12. The lowest BCUT2D eigenvalue weighted by Crippen LogP contribution is -2.49. The Labute approximate surface area is 307 Å². The van der Waals surface area contributed by atoms with Gasteiger partial charge in [0, 0.05) is 25.6 Å². The predicted molar refractivity (Wildman–Crippen MR) is 186 cm³/mol. The van der Waals surface area contributed by atoms with Crippen LogP contribution in [0.4, 0.5) is 36.4 Å². The zero-order valence-corrected chi connectivity index (χ0v) is 29.5. The Hall–Kier alpha value is -5.15. The van der Waals surface area contributed by atoms with Crippen LogP contribution in [0.25, 0.3) is 0 Å². The van der Waals surface area contributed by atoms with Crippen LogP contribution in [0, 0.1) is 11.7 Å². The normalized spacial score (nSPS) is 17.0. The summed E-state index contributed by atoms with van der Waals surface area (Å²) in [5, 5.41) is 12.4. The first-order valence-corrected chi connectivity index (χ1v) is 16.9. The van der Waals surface area contributed by atoms with Gasteiger partial charge in [0.2, 0.25) is 5.91 Å². The second-order valence-corrected chi connectivity index (χ2v) is 13.3. The number of amides is 2. The van der Waals surface area contributed by atoms with Crippen LogP contribution in [0.1, 0.15) is 46.5 Å². The zero-order valence-electron chi connectivity index (χ0n) is 29.5. The average Bonchev–Trinajstić information content (AvgIpc) is 3.10. The van der Waals surface area contributed by atoms with Crippen molar-refractivity contribution in [3.8, 4) is 17.2 Å². The van der Waals surface area contributed by atoms with Crippen LogP contribution in [-0.2, 0) is 30.1 Å². The third-order valence-corrected chi connectivity index (χ3v) is 8.99. The summed E-state index contributed by atoms with van der Waals surface area (Å²) in [7, 11) is 1.83. The Kier molecular flexibility index (Phi) is 12.2. The number of hydrogen-bond acceptors (Lipinski definition) is 6. The van der Waals surface area contributed by atoms with Gasteiger partial charge in [-0.3, -0.25) is 14.5 Å². The van der Waals surface area contributed by atoms with Gasteiger partial charge in [0.15, 0.2) is 17.3 Å². The molecule has 0 saturated carbocycles. The van der Waals surface area contributed by atoms with E-state index in [-0.39, 0.29) is 48.4 Å². The van der Waals surface area contributed by atoms with Crippen LogP contribution in [0.15, 0.2) is 84.9 Å². The summed E-state index contributed by atoms with van der Waals surface area (Å²) in [4.78, 5) is 30.5. The molecule has 0 fully saturated rings. The molecule has 1 aliphatic heterocycles. The van der Waals surface area contributed by atoms with Crippen LogP contribution in [0.3, 0.4) is 0 Å². The van der Waals surface area contributed by atoms with Gasteiger partial charge in [0.1, 0.15) is 11.9 Å². The highest BCUT2D eigenvalue weighted by atomic mass is 19.4. The number of anilines is 1. The minimum atomic E-state index is -5.03. The van der Waals surface area contributed by atoms with Gasteiger partial charge >= 0.3 is 12.4 Å². The molecule has 3 atom stereocenters. The van der Waals surface area contributed by atoms with E-state index in [0.717, 1.165) is 5.56 Å². The molecular formula is C39H38F7N3O5. The number of halogens is 7. The van der Waals surface area contributed by atoms with Gasteiger partial charge in [-0.15, -0.1) is 0 Å². The van der Waals surface area contributed by atoms with Crippen molar-refractivity contribution in [3.05, 3.63) is 119 Å². The molecule has 15 heteroatoms. The van der Waals surface area contributed by atoms with Gasteiger partial charge in [-0.25, -0.2) is 4.39 Å². The van der Waals surface area contributed by atoms with E-state index >= 15 is 0 Å². The highest BCUT2D eigenvalue weighted by Gasteiger charge is 2.38. The van der Waals surface area contributed by atoms with E-state index in [9.17, 15) is 45.4 Å². The van der Waals surface area contributed by atoms with E-state index in [1.807, 2.05) is 31.0 Å². The lowest BCUT2D eigenvalue weighted by Gasteiger charge is -2.38. The van der Waals surface area contributed by atoms with E-state index in [0.29, 0.717) is 30.5 Å². The molecule has 8 nitrogen and oxygen atoms in total. The summed E-state index contributed by atoms with van der Waals surface area (Å²) in [5.74, 6) is -2.02. The molecule has 0 unspecified atom stereocenters. The molecule has 0 saturated heterocycles. The largest absolute Gasteiger partial charge is 0.486 e. The quantitative estimate of drug-likeness (QED) is 0.150. The van der Waals surface area contributed by atoms with Gasteiger partial charge in [-0.1, -0.05) is 37.3 Å². The summed E-state index contributed by atoms with van der Waals surface area (Å²) >= 11 is 0. The van der Waals surface area contributed by atoms with Crippen molar-refractivity contribution in [2.45, 2.75) is 51.3 Å². The van der Waals surface area contributed by atoms with E-state index in [1.54, 1.807) is 31.2 Å². The molecule has 0 radical (unpaired) electrons. The lowest BCUT2D eigenvalue weighted by molar-refractivity contribution is -0.142. The minimum absolute atomic E-state index is 0.00754. The number of ether oxygens (including phenoxy) is 2. The second-order valence-electron chi connectivity index (χ2n) is 13.3. The number of nitrogens with zero attached hydrogens (tertiary/aromatic N) is 2. The molecule has 4 aromatic carbocycles. The predicted octanol–water partition coefficient (Wildman–Crippen LogP) is 8.19. The van der Waals surface area contributed by atoms with Crippen molar-refractivity contribution >= 4 is 17.5 Å². The number of nitrogens with one attached hydrogen (secondary N) is 1. The maximum absolute atomic E-state index is 14.0. The number of benzene rings is 4. The Morgan fingerprint density at radius 3 is 2.35 bits per heavy atom. The summed E-state index contributed by atoms with van der Waals surface area (Å²) in [6, 6.07) is 17.6. The van der Waals surface area contributed by atoms with Crippen LogP contribution in [0.5, 0.6) is 17.2 Å². The minimum Gasteiger partial charge on any atom is -0.486 e. The van der Waals surface area contributed by atoms with Gasteiger partial charge in [-0.05, 0) is 79.7 Å². The van der Waals surface area contributed by atoms with Crippen molar-refractivity contribution in [1.82, 2.24) is 9.80 Å². The summed E-state index contributed by atoms with van der Waals surface area (Å²) < 4.78 is 108. The number of carbonyl (C=O) groups is 2. The maximum atomic E-state index is 14.0. The second kappa shape index (κ2) is 16.5. The van der Waals surface area contributed by atoms with Gasteiger partial charge in [-0.2, -0.15) is 26.3 Å². The number of alkyl halides is 6. The summed E-state index contributed by atoms with van der Waals surface area (Å²) in [5.41, 5.74) is -2.80. The van der Waals surface area contributed by atoms with E-state index in [1.165, 1.54) is 35.2 Å². The van der Waals surface area contributed by atoms with Gasteiger partial charge in [0.25, 0.3) is 5.91 Å². The van der Waals surface area contributed by atoms with E-state index < -0.39 is 65.2 Å². The Balaban J connectivity index is 1.39. The van der Waals surface area contributed by atoms with Crippen molar-refractivity contribution in [1.29, 1.82) is 0 Å². The Morgan fingerprint density at radius 1 is 1.00 bits per heavy atom. The zero-order chi connectivity index (χ0) is 39.4. The van der Waals surface area contributed by atoms with Crippen molar-refractivity contribution in [3.63, 3.8) is 0 Å². The molecule has 1 heterocycles. The number of rotatable bonds is 11. The SMILES string of the molecule is C[C@@H]1CN([C@@H](C)CO)C(=O)c2cccc(NC(=O)Cc3cc(C(F)(F)F)ccc3C(F)(F)F)c2O[C@@H]1CN(C)Cc1ccc(Oc2ccccc2F)cc1. The lowest BCUT2D eigenvalue weighted by atomic mass is 9.98. The number of hydrogen-bond donors (Lipinski definition) is 2. The van der Waals surface area contributed by atoms with Crippen molar-refractivity contribution < 1.29 is 54.9 Å². The number of carbonyl (C=O) groups excluding carboxylic acids is 2. The molecule has 54 heavy (non-hydrogen) atoms. The highest BCUT2D eigenvalue weighted by molar-refractivity contribution is 6.02. The topological polar surface area (TPSA) is 91.3 Å². The maximum Gasteiger partial charge on any atom is 0.416 e. The molecule has 288 valence electrons. The van der Waals surface area contributed by atoms with Gasteiger partial charge < -0.3 is 24.8 Å². The molecule has 4 aromatic rings. The van der Waals surface area contributed by atoms with Crippen LogP contribution < -0.4 is 14.8 Å². The monoisotopic (exact) mass is 761 g/mol. The molecule has 1 aliphatic rings. The van der Waals surface area contributed by atoms with E-state index in [4.69, 9.17) is 9.47 Å². The smallest absolute Gasteiger partial charge is 0.416 e. The molecule has 2 N–H and O–H groups in total. The van der Waals surface area contributed by atoms with Crippen molar-refractivity contribution in [2.24, 2.45) is 5.92 Å². The first-order chi connectivity index (χ1) is 25.4. The molecule has 0 spiro atoms. The van der Waals surface area contributed by atoms with Crippen LogP contribution >= 0.6 is 0 Å². The van der Waals surface area contributed by atoms with Crippen molar-refractivity contribution in [2.75, 3.05) is 32.1 Å². The summed E-state index contributed by atoms with van der Waals surface area (Å²) in [6.45, 7) is 4.04. The first-order valence-electron chi connectivity index (χ1n) is 16.9. The van der Waals surface area contributed by atoms with Crippen LogP contribution in [0.2, 0.25) is 0 Å². The summed E-state index contributed by atoms with van der Waals surface area (Å²) in [6.07, 6.45) is -11.7. The molecule has 5 rings (SSSR count). The standard InChI is InChI=1S/C39H38F7N3O5/c1-23-19-49(24(2)22-50)37(52)29-7-6-9-32(47-35(51)18-26-17-27(38(41,42)43)13-16-30(26)39(44,45)46)36(29)54-34(23)21-48(3)20-25-11-14-28(15-12-25)53-33-10-5-4-8-31(33)40/h4-17,23-24,34,50H,18-22H2,1-3H3,(H,47,51)/t23-,24+,34-/m1/s1. The van der Waals surface area contributed by atoms with Gasteiger partial charge in [0.05, 0.1) is 41.4 Å². The number of fused-ring (bicyclic) bond motifs is 1. The molecule has 0 aromatic heterocycles. The molecule has 0 bridgehead atoms. The molecular weight excluding hydrogens is 723 g/mol. The number of aliphatic hydroxyl groups is 1. The number of aliphatic hydroxyl groups excluding tert-OH is 1. The third kappa shape index (κ3) is 9.68. The fourth-order valence-corrected chi connectivity index (χ4v) is 6.12.